The summed E-state index contributed by atoms with van der Waals surface area (Å²) in [5.41, 5.74) is 2.07. The number of nitrogens with one attached hydrogen (secondary N) is 1. The molecule has 0 saturated carbocycles. The van der Waals surface area contributed by atoms with Crippen LogP contribution in [0, 0.1) is 0 Å². The molecule has 0 saturated heterocycles. The smallest absolute Gasteiger partial charge is 0.313 e. The Bertz CT molecular complexity index is 700. The first-order chi connectivity index (χ1) is 9.74. The molecule has 1 N–H and O–H groups in total. The molecule has 0 aliphatic heterocycles. The van der Waals surface area contributed by atoms with Crippen LogP contribution in [0.5, 0.6) is 0 Å². The van der Waals surface area contributed by atoms with E-state index in [2.05, 4.69) is 5.32 Å². The number of nitrogens with zero attached hydrogens (tertiary/aromatic N) is 2. The van der Waals surface area contributed by atoms with Gasteiger partial charge >= 0.3 is 11.9 Å². The van der Waals surface area contributed by atoms with Crippen LogP contribution in [0.25, 0.3) is 11.0 Å². The van der Waals surface area contributed by atoms with Crippen LogP contribution < -0.4 is 11.0 Å². The molecule has 0 radical (unpaired) electrons. The number of imidazole rings is 1. The van der Waals surface area contributed by atoms with E-state index in [9.17, 15) is 18.0 Å². The van der Waals surface area contributed by atoms with E-state index in [1.165, 1.54) is 9.13 Å². The van der Waals surface area contributed by atoms with Gasteiger partial charge in [0.15, 0.2) is 0 Å². The lowest BCUT2D eigenvalue weighted by atomic mass is 10.0. The minimum absolute atomic E-state index is 0.0354. The summed E-state index contributed by atoms with van der Waals surface area (Å²) in [6, 6.07) is 4.91. The van der Waals surface area contributed by atoms with Crippen molar-refractivity contribution < 1.29 is 13.2 Å². The third-order valence-corrected chi connectivity index (χ3v) is 3.76. The number of fused-ring (bicyclic) bond motifs is 1. The van der Waals surface area contributed by atoms with Crippen molar-refractivity contribution in [3.63, 3.8) is 0 Å². The second kappa shape index (κ2) is 5.55. The molecule has 7 heteroatoms. The fourth-order valence-corrected chi connectivity index (χ4v) is 2.53. The zero-order valence-corrected chi connectivity index (χ0v) is 12.2. The second-order valence-electron chi connectivity index (χ2n) is 5.14. The van der Waals surface area contributed by atoms with E-state index in [1.54, 1.807) is 39.3 Å². The summed E-state index contributed by atoms with van der Waals surface area (Å²) >= 11 is 0. The van der Waals surface area contributed by atoms with Crippen molar-refractivity contribution in [2.45, 2.75) is 25.1 Å². The highest BCUT2D eigenvalue weighted by Gasteiger charge is 2.28. The number of benzene rings is 1. The maximum atomic E-state index is 12.4. The second-order valence-corrected chi connectivity index (χ2v) is 5.14. The average molecular weight is 301 g/mol. The average Bonchev–Trinajstić information content (AvgIpc) is 2.63. The summed E-state index contributed by atoms with van der Waals surface area (Å²) in [5, 5.41) is 2.90. The standard InChI is InChI=1S/C14H18F3N3O/c1-18-10(6-7-14(15,16)17)9-4-5-11-12(8-9)20(3)13(21)19(11)2/h4-5,8,10,18H,6-7H2,1-3H3. The predicted octanol–water partition coefficient (Wildman–Crippen LogP) is 2.48. The highest BCUT2D eigenvalue weighted by Crippen LogP contribution is 2.28. The minimum atomic E-state index is -4.17. The fraction of sp³-hybridized carbons (Fsp3) is 0.500. The zero-order valence-electron chi connectivity index (χ0n) is 12.2. The number of alkyl halides is 3. The Labute approximate surface area is 120 Å². The van der Waals surface area contributed by atoms with E-state index in [0.29, 0.717) is 5.52 Å². The highest BCUT2D eigenvalue weighted by atomic mass is 19.4. The van der Waals surface area contributed by atoms with Gasteiger partial charge in [-0.05, 0) is 31.2 Å². The summed E-state index contributed by atoms with van der Waals surface area (Å²) in [4.78, 5) is 11.9. The summed E-state index contributed by atoms with van der Waals surface area (Å²) in [5.74, 6) is 0. The molecule has 0 spiro atoms. The summed E-state index contributed by atoms with van der Waals surface area (Å²) in [7, 11) is 4.96. The first-order valence-electron chi connectivity index (χ1n) is 6.64. The minimum Gasteiger partial charge on any atom is -0.313 e. The van der Waals surface area contributed by atoms with Crippen LogP contribution in [0.1, 0.15) is 24.4 Å². The molecule has 1 unspecified atom stereocenters. The molecule has 0 bridgehead atoms. The molecule has 1 atom stereocenters. The van der Waals surface area contributed by atoms with Crippen molar-refractivity contribution in [1.82, 2.24) is 14.5 Å². The van der Waals surface area contributed by atoms with Gasteiger partial charge in [0.05, 0.1) is 11.0 Å². The van der Waals surface area contributed by atoms with Crippen molar-refractivity contribution in [1.29, 1.82) is 0 Å². The number of aryl methyl sites for hydroxylation is 2. The summed E-state index contributed by atoms with van der Waals surface area (Å²) in [6.07, 6.45) is -5.05. The molecule has 2 rings (SSSR count). The van der Waals surface area contributed by atoms with E-state index < -0.39 is 18.6 Å². The molecular formula is C14H18F3N3O. The number of rotatable bonds is 4. The Balaban J connectivity index is 2.37. The van der Waals surface area contributed by atoms with E-state index in [0.717, 1.165) is 11.1 Å². The van der Waals surface area contributed by atoms with Gasteiger partial charge < -0.3 is 5.32 Å². The number of hydrogen-bond donors (Lipinski definition) is 1. The lowest BCUT2D eigenvalue weighted by Crippen LogP contribution is -2.20. The van der Waals surface area contributed by atoms with Crippen molar-refractivity contribution in [3.8, 4) is 0 Å². The highest BCUT2D eigenvalue weighted by molar-refractivity contribution is 5.77. The molecular weight excluding hydrogens is 283 g/mol. The third kappa shape index (κ3) is 3.12. The van der Waals surface area contributed by atoms with Gasteiger partial charge in [0.1, 0.15) is 0 Å². The molecule has 0 fully saturated rings. The molecule has 1 heterocycles. The van der Waals surface area contributed by atoms with Crippen LogP contribution in [0.4, 0.5) is 13.2 Å². The molecule has 21 heavy (non-hydrogen) atoms. The Kier molecular flexibility index (Phi) is 4.13. The van der Waals surface area contributed by atoms with Crippen molar-refractivity contribution in [2.75, 3.05) is 7.05 Å². The van der Waals surface area contributed by atoms with Crippen LogP contribution >= 0.6 is 0 Å². The quantitative estimate of drug-likeness (QED) is 0.942. The molecule has 1 aromatic heterocycles. The van der Waals surface area contributed by atoms with Gasteiger partial charge in [-0.3, -0.25) is 9.13 Å². The van der Waals surface area contributed by atoms with Gasteiger partial charge in [-0.2, -0.15) is 13.2 Å². The largest absolute Gasteiger partial charge is 0.389 e. The zero-order chi connectivity index (χ0) is 15.8. The van der Waals surface area contributed by atoms with Crippen LogP contribution in [0.15, 0.2) is 23.0 Å². The van der Waals surface area contributed by atoms with E-state index in [-0.39, 0.29) is 12.1 Å². The van der Waals surface area contributed by atoms with E-state index >= 15 is 0 Å². The Hall–Kier alpha value is -1.76. The molecule has 4 nitrogen and oxygen atoms in total. The van der Waals surface area contributed by atoms with Crippen LogP contribution in [0.3, 0.4) is 0 Å². The maximum absolute atomic E-state index is 12.4. The lowest BCUT2D eigenvalue weighted by Gasteiger charge is -2.18. The number of hydrogen-bond acceptors (Lipinski definition) is 2. The molecule has 0 amide bonds. The van der Waals surface area contributed by atoms with E-state index in [4.69, 9.17) is 0 Å². The topological polar surface area (TPSA) is 39.0 Å². The van der Waals surface area contributed by atoms with Gasteiger partial charge in [-0.15, -0.1) is 0 Å². The summed E-state index contributed by atoms with van der Waals surface area (Å²) in [6.45, 7) is 0. The Morgan fingerprint density at radius 1 is 1.19 bits per heavy atom. The predicted molar refractivity (Wildman–Crippen MR) is 75.2 cm³/mol. The molecule has 2 aromatic rings. The van der Waals surface area contributed by atoms with Crippen molar-refractivity contribution >= 4 is 11.0 Å². The van der Waals surface area contributed by atoms with Crippen LogP contribution in [-0.4, -0.2) is 22.4 Å². The van der Waals surface area contributed by atoms with E-state index in [1.807, 2.05) is 0 Å². The third-order valence-electron chi connectivity index (χ3n) is 3.76. The van der Waals surface area contributed by atoms with Gasteiger partial charge in [0, 0.05) is 26.6 Å². The van der Waals surface area contributed by atoms with Crippen molar-refractivity contribution in [3.05, 3.63) is 34.2 Å². The number of aromatic nitrogens is 2. The Morgan fingerprint density at radius 3 is 2.38 bits per heavy atom. The molecule has 1 aromatic carbocycles. The SMILES string of the molecule is CNC(CCC(F)(F)F)c1ccc2c(c1)n(C)c(=O)n2C. The van der Waals surface area contributed by atoms with Gasteiger partial charge in [-0.1, -0.05) is 6.07 Å². The van der Waals surface area contributed by atoms with Crippen molar-refractivity contribution in [2.24, 2.45) is 14.1 Å². The Morgan fingerprint density at radius 2 is 1.81 bits per heavy atom. The summed E-state index contributed by atoms with van der Waals surface area (Å²) < 4.78 is 40.1. The van der Waals surface area contributed by atoms with Gasteiger partial charge in [0.2, 0.25) is 0 Å². The fourth-order valence-electron chi connectivity index (χ4n) is 2.53. The van der Waals surface area contributed by atoms with Crippen LogP contribution in [0.2, 0.25) is 0 Å². The maximum Gasteiger partial charge on any atom is 0.389 e. The number of halogens is 3. The lowest BCUT2D eigenvalue weighted by molar-refractivity contribution is -0.136. The normalized spacial score (nSPS) is 13.8. The molecule has 116 valence electrons. The van der Waals surface area contributed by atoms with Gasteiger partial charge in [0.25, 0.3) is 0 Å². The first-order valence-corrected chi connectivity index (χ1v) is 6.64. The molecule has 0 aliphatic carbocycles. The van der Waals surface area contributed by atoms with Gasteiger partial charge in [-0.25, -0.2) is 4.79 Å². The first kappa shape index (κ1) is 15.6. The monoisotopic (exact) mass is 301 g/mol. The van der Waals surface area contributed by atoms with Crippen LogP contribution in [-0.2, 0) is 14.1 Å². The molecule has 0 aliphatic rings.